The summed E-state index contributed by atoms with van der Waals surface area (Å²) in [7, 11) is 1.37. The lowest BCUT2D eigenvalue weighted by Crippen LogP contribution is -2.11. The average Bonchev–Trinajstić information content (AvgIpc) is 2.32. The zero-order valence-corrected chi connectivity index (χ0v) is 9.70. The predicted octanol–water partition coefficient (Wildman–Crippen LogP) is 1.94. The summed E-state index contributed by atoms with van der Waals surface area (Å²) in [5.41, 5.74) is 0.497. The number of halogens is 1. The van der Waals surface area contributed by atoms with Crippen molar-refractivity contribution < 1.29 is 19.0 Å². The summed E-state index contributed by atoms with van der Waals surface area (Å²) in [4.78, 5) is 11.4. The van der Waals surface area contributed by atoms with Crippen LogP contribution in [0, 0.1) is 5.82 Å². The first kappa shape index (κ1) is 13.4. The quantitative estimate of drug-likeness (QED) is 0.748. The number of unbranched alkanes of at least 4 members (excludes halogenated alkanes) is 1. The van der Waals surface area contributed by atoms with Crippen LogP contribution in [0.3, 0.4) is 0 Å². The molecule has 0 aromatic heterocycles. The molecule has 94 valence electrons. The number of rotatable bonds is 6. The maximum absolute atomic E-state index is 13.1. The molecule has 0 fully saturated rings. The third-order valence-electron chi connectivity index (χ3n) is 2.25. The SMILES string of the molecule is COc1cc(NC(=O)CCCCO)ccc1F. The number of aliphatic hydroxyl groups is 1. The molecule has 1 aromatic rings. The van der Waals surface area contributed by atoms with Gasteiger partial charge in [-0.25, -0.2) is 4.39 Å². The van der Waals surface area contributed by atoms with Crippen LogP contribution in [0.2, 0.25) is 0 Å². The maximum atomic E-state index is 13.1. The van der Waals surface area contributed by atoms with Crippen molar-refractivity contribution in [3.8, 4) is 5.75 Å². The van der Waals surface area contributed by atoms with E-state index in [1.807, 2.05) is 0 Å². The third kappa shape index (κ3) is 4.40. The van der Waals surface area contributed by atoms with Crippen LogP contribution in [0.4, 0.5) is 10.1 Å². The van der Waals surface area contributed by atoms with Crippen molar-refractivity contribution in [1.82, 2.24) is 0 Å². The molecule has 0 aliphatic carbocycles. The molecule has 5 heteroatoms. The average molecular weight is 241 g/mol. The molecular weight excluding hydrogens is 225 g/mol. The van der Waals surface area contributed by atoms with Gasteiger partial charge in [0.2, 0.25) is 5.91 Å². The van der Waals surface area contributed by atoms with Crippen LogP contribution in [0.25, 0.3) is 0 Å². The highest BCUT2D eigenvalue weighted by atomic mass is 19.1. The molecule has 1 aromatic carbocycles. The number of methoxy groups -OCH3 is 1. The summed E-state index contributed by atoms with van der Waals surface area (Å²) in [6.07, 6.45) is 1.56. The van der Waals surface area contributed by atoms with Crippen molar-refractivity contribution in [3.63, 3.8) is 0 Å². The minimum atomic E-state index is -0.467. The molecule has 0 aliphatic rings. The molecule has 0 saturated carbocycles. The summed E-state index contributed by atoms with van der Waals surface area (Å²) in [6, 6.07) is 4.14. The maximum Gasteiger partial charge on any atom is 0.224 e. The molecule has 0 spiro atoms. The van der Waals surface area contributed by atoms with Gasteiger partial charge in [0, 0.05) is 24.8 Å². The van der Waals surface area contributed by atoms with Gasteiger partial charge in [-0.15, -0.1) is 0 Å². The first-order valence-electron chi connectivity index (χ1n) is 5.41. The molecule has 1 rings (SSSR count). The van der Waals surface area contributed by atoms with Crippen molar-refractivity contribution in [2.75, 3.05) is 19.0 Å². The van der Waals surface area contributed by atoms with Gasteiger partial charge in [-0.1, -0.05) is 0 Å². The Morgan fingerprint density at radius 3 is 2.88 bits per heavy atom. The first-order chi connectivity index (χ1) is 8.17. The van der Waals surface area contributed by atoms with E-state index in [0.717, 1.165) is 0 Å². The van der Waals surface area contributed by atoms with E-state index >= 15 is 0 Å². The summed E-state index contributed by atoms with van der Waals surface area (Å²) in [5.74, 6) is -0.531. The van der Waals surface area contributed by atoms with Crippen LogP contribution in [-0.4, -0.2) is 24.7 Å². The number of anilines is 1. The third-order valence-corrected chi connectivity index (χ3v) is 2.25. The number of benzene rings is 1. The highest BCUT2D eigenvalue weighted by Crippen LogP contribution is 2.21. The summed E-state index contributed by atoms with van der Waals surface area (Å²) in [5, 5.41) is 11.2. The Morgan fingerprint density at radius 2 is 2.24 bits per heavy atom. The van der Waals surface area contributed by atoms with Gasteiger partial charge >= 0.3 is 0 Å². The molecule has 0 saturated heterocycles. The normalized spacial score (nSPS) is 10.1. The standard InChI is InChI=1S/C12H16FNO3/c1-17-11-8-9(5-6-10(11)13)14-12(16)4-2-3-7-15/h5-6,8,15H,2-4,7H2,1H3,(H,14,16). The second-order valence-corrected chi connectivity index (χ2v) is 3.58. The van der Waals surface area contributed by atoms with Crippen molar-refractivity contribution in [2.45, 2.75) is 19.3 Å². The van der Waals surface area contributed by atoms with E-state index in [4.69, 9.17) is 9.84 Å². The molecule has 4 nitrogen and oxygen atoms in total. The molecule has 0 heterocycles. The number of hydrogen-bond donors (Lipinski definition) is 2. The lowest BCUT2D eigenvalue weighted by atomic mass is 10.2. The first-order valence-corrected chi connectivity index (χ1v) is 5.41. The number of carbonyl (C=O) groups excluding carboxylic acids is 1. The number of aliphatic hydroxyl groups excluding tert-OH is 1. The number of carbonyl (C=O) groups is 1. The molecule has 17 heavy (non-hydrogen) atoms. The Morgan fingerprint density at radius 1 is 1.47 bits per heavy atom. The lowest BCUT2D eigenvalue weighted by Gasteiger charge is -2.07. The van der Waals surface area contributed by atoms with Gasteiger partial charge in [-0.3, -0.25) is 4.79 Å². The Bertz CT molecular complexity index is 382. The van der Waals surface area contributed by atoms with Gasteiger partial charge in [0.25, 0.3) is 0 Å². The minimum Gasteiger partial charge on any atom is -0.494 e. The Kier molecular flexibility index (Phi) is 5.42. The smallest absolute Gasteiger partial charge is 0.224 e. The summed E-state index contributed by atoms with van der Waals surface area (Å²) in [6.45, 7) is 0.0810. The molecular formula is C12H16FNO3. The number of amides is 1. The fourth-order valence-corrected chi connectivity index (χ4v) is 1.36. The van der Waals surface area contributed by atoms with Gasteiger partial charge in [0.05, 0.1) is 7.11 Å². The summed E-state index contributed by atoms with van der Waals surface area (Å²) >= 11 is 0. The van der Waals surface area contributed by atoms with E-state index in [9.17, 15) is 9.18 Å². The van der Waals surface area contributed by atoms with Gasteiger partial charge in [-0.2, -0.15) is 0 Å². The Balaban J connectivity index is 2.53. The van der Waals surface area contributed by atoms with Crippen molar-refractivity contribution in [2.24, 2.45) is 0 Å². The number of ether oxygens (including phenoxy) is 1. The fourth-order valence-electron chi connectivity index (χ4n) is 1.36. The Hall–Kier alpha value is -1.62. The molecule has 2 N–H and O–H groups in total. The van der Waals surface area contributed by atoms with Crippen LogP contribution in [0.5, 0.6) is 5.75 Å². The molecule has 0 bridgehead atoms. The van der Waals surface area contributed by atoms with E-state index in [1.165, 1.54) is 25.3 Å². The van der Waals surface area contributed by atoms with Crippen molar-refractivity contribution >= 4 is 11.6 Å². The number of nitrogens with one attached hydrogen (secondary N) is 1. The van der Waals surface area contributed by atoms with Crippen LogP contribution in [0.1, 0.15) is 19.3 Å². The van der Waals surface area contributed by atoms with Crippen LogP contribution < -0.4 is 10.1 Å². The van der Waals surface area contributed by atoms with Crippen LogP contribution in [0.15, 0.2) is 18.2 Å². The molecule has 0 unspecified atom stereocenters. The molecule has 0 aliphatic heterocycles. The van der Waals surface area contributed by atoms with E-state index in [-0.39, 0.29) is 18.3 Å². The van der Waals surface area contributed by atoms with Crippen LogP contribution in [-0.2, 0) is 4.79 Å². The minimum absolute atomic E-state index is 0.0810. The van der Waals surface area contributed by atoms with E-state index in [1.54, 1.807) is 0 Å². The van der Waals surface area contributed by atoms with Crippen molar-refractivity contribution in [3.05, 3.63) is 24.0 Å². The molecule has 0 atom stereocenters. The fraction of sp³-hybridized carbons (Fsp3) is 0.417. The second-order valence-electron chi connectivity index (χ2n) is 3.58. The van der Waals surface area contributed by atoms with Gasteiger partial charge in [0.15, 0.2) is 11.6 Å². The highest BCUT2D eigenvalue weighted by molar-refractivity contribution is 5.90. The summed E-state index contributed by atoms with van der Waals surface area (Å²) < 4.78 is 17.9. The zero-order valence-electron chi connectivity index (χ0n) is 9.70. The van der Waals surface area contributed by atoms with E-state index < -0.39 is 5.82 Å². The predicted molar refractivity (Wildman–Crippen MR) is 62.5 cm³/mol. The lowest BCUT2D eigenvalue weighted by molar-refractivity contribution is -0.116. The van der Waals surface area contributed by atoms with E-state index in [0.29, 0.717) is 24.9 Å². The van der Waals surface area contributed by atoms with Gasteiger partial charge in [-0.05, 0) is 25.0 Å². The monoisotopic (exact) mass is 241 g/mol. The largest absolute Gasteiger partial charge is 0.494 e. The van der Waals surface area contributed by atoms with Gasteiger partial charge < -0.3 is 15.2 Å². The van der Waals surface area contributed by atoms with Gasteiger partial charge in [0.1, 0.15) is 0 Å². The molecule has 0 radical (unpaired) electrons. The Labute approximate surface area is 99.4 Å². The van der Waals surface area contributed by atoms with Crippen molar-refractivity contribution in [1.29, 1.82) is 0 Å². The molecule has 1 amide bonds. The van der Waals surface area contributed by atoms with E-state index in [2.05, 4.69) is 5.32 Å². The highest BCUT2D eigenvalue weighted by Gasteiger charge is 2.06. The zero-order chi connectivity index (χ0) is 12.7. The topological polar surface area (TPSA) is 58.6 Å². The van der Waals surface area contributed by atoms with Crippen LogP contribution >= 0.6 is 0 Å². The second kappa shape index (κ2) is 6.85. The number of hydrogen-bond acceptors (Lipinski definition) is 3.